The lowest BCUT2D eigenvalue weighted by Gasteiger charge is -2.22. The van der Waals surface area contributed by atoms with Gasteiger partial charge in [-0.05, 0) is 30.3 Å². The molecule has 0 radical (unpaired) electrons. The van der Waals surface area contributed by atoms with Crippen LogP contribution in [-0.2, 0) is 0 Å². The summed E-state index contributed by atoms with van der Waals surface area (Å²) in [6, 6.07) is 15.1. The zero-order valence-electron chi connectivity index (χ0n) is 10.8. The number of halogens is 1. The molecule has 1 N–H and O–H groups in total. The average Bonchev–Trinajstić information content (AvgIpc) is 2.82. The van der Waals surface area contributed by atoms with Crippen molar-refractivity contribution in [2.75, 3.05) is 11.0 Å². The summed E-state index contributed by atoms with van der Waals surface area (Å²) in [7, 11) is 1.64. The van der Waals surface area contributed by atoms with Gasteiger partial charge in [0.15, 0.2) is 0 Å². The Morgan fingerprint density at radius 1 is 1.15 bits per heavy atom. The largest absolute Gasteiger partial charge is 0.497 e. The van der Waals surface area contributed by atoms with Crippen LogP contribution in [0.2, 0.25) is 0 Å². The minimum Gasteiger partial charge on any atom is -0.497 e. The third-order valence-electron chi connectivity index (χ3n) is 3.23. The van der Waals surface area contributed by atoms with Gasteiger partial charge >= 0.3 is 0 Å². The van der Waals surface area contributed by atoms with Crippen LogP contribution >= 0.6 is 16.1 Å². The minimum atomic E-state index is -0.264. The quantitative estimate of drug-likeness (QED) is 0.866. The number of nitrogens with zero attached hydrogens (tertiary/aromatic N) is 1. The Kier molecular flexibility index (Phi) is 3.36. The highest BCUT2D eigenvalue weighted by Crippen LogP contribution is 2.41. The number of anilines is 1. The highest BCUT2D eigenvalue weighted by molar-refractivity contribution is 9.10. The molecule has 0 bridgehead atoms. The normalized spacial score (nSPS) is 16.5. The van der Waals surface area contributed by atoms with E-state index in [4.69, 9.17) is 14.9 Å². The van der Waals surface area contributed by atoms with Gasteiger partial charge in [0.2, 0.25) is 5.90 Å². The van der Waals surface area contributed by atoms with Crippen LogP contribution < -0.4 is 13.4 Å². The van der Waals surface area contributed by atoms with E-state index in [0.717, 1.165) is 22.7 Å². The lowest BCUT2D eigenvalue weighted by molar-refractivity contribution is 0.415. The number of fused-ring (bicyclic) bond motifs is 1. The van der Waals surface area contributed by atoms with Gasteiger partial charge in [-0.2, -0.15) is 0 Å². The Hall–Kier alpha value is -2.01. The predicted octanol–water partition coefficient (Wildman–Crippen LogP) is 3.92. The summed E-state index contributed by atoms with van der Waals surface area (Å²) in [5.41, 5.74) is 1.91. The monoisotopic (exact) mass is 332 g/mol. The molecule has 1 heterocycles. The third-order valence-corrected chi connectivity index (χ3v) is 4.05. The number of ether oxygens (including phenoxy) is 2. The molecular formula is C15H13BrN2O2. The van der Waals surface area contributed by atoms with Gasteiger partial charge in [0.05, 0.1) is 23.3 Å². The van der Waals surface area contributed by atoms with Crippen LogP contribution in [0.4, 0.5) is 5.69 Å². The molecule has 0 spiro atoms. The molecule has 0 fully saturated rings. The van der Waals surface area contributed by atoms with E-state index < -0.39 is 0 Å². The van der Waals surface area contributed by atoms with Crippen LogP contribution in [0.5, 0.6) is 11.5 Å². The summed E-state index contributed by atoms with van der Waals surface area (Å²) in [5, 5.41) is 8.03. The summed E-state index contributed by atoms with van der Waals surface area (Å²) >= 11 is 3.54. The van der Waals surface area contributed by atoms with Crippen molar-refractivity contribution < 1.29 is 9.47 Å². The third kappa shape index (κ3) is 2.14. The van der Waals surface area contributed by atoms with Crippen LogP contribution in [0.25, 0.3) is 0 Å². The minimum absolute atomic E-state index is 0.207. The molecule has 2 aromatic carbocycles. The van der Waals surface area contributed by atoms with Crippen LogP contribution in [-0.4, -0.2) is 13.0 Å². The Morgan fingerprint density at radius 3 is 2.55 bits per heavy atom. The topological polar surface area (TPSA) is 45.5 Å². The van der Waals surface area contributed by atoms with Gasteiger partial charge in [-0.1, -0.05) is 18.2 Å². The first-order valence-corrected chi connectivity index (χ1v) is 6.86. The van der Waals surface area contributed by atoms with Gasteiger partial charge in [-0.15, -0.1) is 0 Å². The second kappa shape index (κ2) is 5.17. The maximum Gasteiger partial charge on any atom is 0.215 e. The first kappa shape index (κ1) is 13.0. The number of para-hydroxylation sites is 1. The molecule has 0 aromatic heterocycles. The Labute approximate surface area is 125 Å². The number of hydrogen-bond donors (Lipinski definition) is 1. The van der Waals surface area contributed by atoms with Crippen molar-refractivity contribution in [2.24, 2.45) is 0 Å². The van der Waals surface area contributed by atoms with E-state index in [2.05, 4.69) is 16.1 Å². The molecule has 0 saturated heterocycles. The highest BCUT2D eigenvalue weighted by atomic mass is 79.9. The van der Waals surface area contributed by atoms with Gasteiger partial charge in [-0.25, -0.2) is 0 Å². The molecule has 1 atom stereocenters. The number of nitrogens with one attached hydrogen (secondary N) is 1. The van der Waals surface area contributed by atoms with Crippen molar-refractivity contribution in [3.8, 4) is 11.5 Å². The molecule has 1 aliphatic heterocycles. The Balaban J connectivity index is 1.93. The maximum absolute atomic E-state index is 8.03. The number of hydrogen-bond acceptors (Lipinski definition) is 4. The molecule has 0 amide bonds. The first-order chi connectivity index (χ1) is 9.70. The zero-order chi connectivity index (χ0) is 14.1. The van der Waals surface area contributed by atoms with Crippen LogP contribution in [0.1, 0.15) is 11.6 Å². The van der Waals surface area contributed by atoms with E-state index in [0.29, 0.717) is 0 Å². The van der Waals surface area contributed by atoms with Crippen molar-refractivity contribution in [2.45, 2.75) is 6.04 Å². The molecule has 4 nitrogen and oxygen atoms in total. The van der Waals surface area contributed by atoms with Crippen molar-refractivity contribution in [3.63, 3.8) is 0 Å². The van der Waals surface area contributed by atoms with E-state index in [-0.39, 0.29) is 11.9 Å². The van der Waals surface area contributed by atoms with E-state index >= 15 is 0 Å². The fourth-order valence-corrected chi connectivity index (χ4v) is 2.86. The van der Waals surface area contributed by atoms with E-state index in [1.54, 1.807) is 7.11 Å². The van der Waals surface area contributed by atoms with Gasteiger partial charge in [0.25, 0.3) is 0 Å². The summed E-state index contributed by atoms with van der Waals surface area (Å²) in [4.78, 5) is 0. The summed E-state index contributed by atoms with van der Waals surface area (Å²) in [6.07, 6.45) is 0. The highest BCUT2D eigenvalue weighted by Gasteiger charge is 2.34. The van der Waals surface area contributed by atoms with Crippen molar-refractivity contribution >= 4 is 27.7 Å². The van der Waals surface area contributed by atoms with Gasteiger partial charge in [0.1, 0.15) is 17.5 Å². The molecule has 1 aliphatic rings. The average molecular weight is 333 g/mol. The van der Waals surface area contributed by atoms with Crippen LogP contribution in [0.3, 0.4) is 0 Å². The molecule has 20 heavy (non-hydrogen) atoms. The molecule has 0 saturated carbocycles. The molecule has 3 rings (SSSR count). The van der Waals surface area contributed by atoms with Crippen molar-refractivity contribution in [1.82, 2.24) is 0 Å². The molecular weight excluding hydrogens is 320 g/mol. The van der Waals surface area contributed by atoms with E-state index in [9.17, 15) is 0 Å². The fourth-order valence-electron chi connectivity index (χ4n) is 2.21. The second-order valence-corrected chi connectivity index (χ2v) is 5.18. The molecule has 1 unspecified atom stereocenters. The summed E-state index contributed by atoms with van der Waals surface area (Å²) < 4.78 is 12.5. The lowest BCUT2D eigenvalue weighted by Crippen LogP contribution is -2.23. The van der Waals surface area contributed by atoms with Crippen molar-refractivity contribution in [1.29, 1.82) is 5.41 Å². The summed E-state index contributed by atoms with van der Waals surface area (Å²) in [6.45, 7) is 0. The first-order valence-electron chi connectivity index (χ1n) is 6.15. The number of benzene rings is 2. The van der Waals surface area contributed by atoms with Crippen LogP contribution in [0, 0.1) is 5.41 Å². The molecule has 2 aromatic rings. The standard InChI is InChI=1S/C15H13BrN2O2/c1-19-11-8-6-10(7-9-11)18(16)14-12-4-2-3-5-13(12)20-15(14)17/h2-9,14,17H,1H3. The molecule has 102 valence electrons. The van der Waals surface area contributed by atoms with Crippen molar-refractivity contribution in [3.05, 3.63) is 54.1 Å². The number of rotatable bonds is 3. The molecule has 0 aliphatic carbocycles. The van der Waals surface area contributed by atoms with Gasteiger partial charge in [-0.3, -0.25) is 9.34 Å². The fraction of sp³-hybridized carbons (Fsp3) is 0.133. The maximum atomic E-state index is 8.03. The zero-order valence-corrected chi connectivity index (χ0v) is 12.4. The molecule has 5 heteroatoms. The Bertz CT molecular complexity index is 643. The summed E-state index contributed by atoms with van der Waals surface area (Å²) in [5.74, 6) is 1.74. The SMILES string of the molecule is COc1ccc(N(Br)C2C(=N)Oc3ccccc32)cc1. The van der Waals surface area contributed by atoms with Gasteiger partial charge < -0.3 is 9.47 Å². The lowest BCUT2D eigenvalue weighted by atomic mass is 10.1. The number of methoxy groups -OCH3 is 1. The van der Waals surface area contributed by atoms with E-state index in [1.807, 2.05) is 52.5 Å². The van der Waals surface area contributed by atoms with Crippen LogP contribution in [0.15, 0.2) is 48.5 Å². The van der Waals surface area contributed by atoms with Gasteiger partial charge in [0, 0.05) is 11.3 Å². The smallest absolute Gasteiger partial charge is 0.215 e. The second-order valence-electron chi connectivity index (χ2n) is 4.42. The predicted molar refractivity (Wildman–Crippen MR) is 81.9 cm³/mol. The Morgan fingerprint density at radius 2 is 1.85 bits per heavy atom. The van der Waals surface area contributed by atoms with E-state index in [1.165, 1.54) is 0 Å².